The Labute approximate surface area is 110 Å². The van der Waals surface area contributed by atoms with Gasteiger partial charge in [0.15, 0.2) is 6.10 Å². The molecule has 1 aromatic heterocycles. The molecule has 19 heavy (non-hydrogen) atoms. The number of aromatic nitrogens is 1. The van der Waals surface area contributed by atoms with Crippen molar-refractivity contribution in [1.29, 1.82) is 0 Å². The van der Waals surface area contributed by atoms with E-state index in [9.17, 15) is 13.2 Å². The molecule has 6 heteroatoms. The van der Waals surface area contributed by atoms with Crippen molar-refractivity contribution in [2.75, 3.05) is 6.61 Å². The van der Waals surface area contributed by atoms with Crippen molar-refractivity contribution in [2.24, 2.45) is 0 Å². The standard InChI is InChI=1S/C13H18F3NO2/c14-13(15,16)12(18)10-5-7-17(9-10)6-1-3-11-4-2-8-19-11/h5,7,9,11-12,18H,1-4,6,8H2. The van der Waals surface area contributed by atoms with Gasteiger partial charge in [0.2, 0.25) is 0 Å². The molecular formula is C13H18F3NO2. The molecular weight excluding hydrogens is 259 g/mol. The molecule has 0 bridgehead atoms. The summed E-state index contributed by atoms with van der Waals surface area (Å²) in [7, 11) is 0. The van der Waals surface area contributed by atoms with Crippen molar-refractivity contribution < 1.29 is 23.0 Å². The highest BCUT2D eigenvalue weighted by atomic mass is 19.4. The van der Waals surface area contributed by atoms with Crippen LogP contribution >= 0.6 is 0 Å². The molecule has 0 spiro atoms. The number of nitrogens with zero attached hydrogens (tertiary/aromatic N) is 1. The van der Waals surface area contributed by atoms with Crippen LogP contribution in [-0.2, 0) is 11.3 Å². The largest absolute Gasteiger partial charge is 0.418 e. The molecule has 2 unspecified atom stereocenters. The number of aryl methyl sites for hydroxylation is 1. The van der Waals surface area contributed by atoms with Crippen LogP contribution in [0.2, 0.25) is 0 Å². The SMILES string of the molecule is OC(c1ccn(CCCC2CCCO2)c1)C(F)(F)F. The van der Waals surface area contributed by atoms with Crippen LogP contribution in [0.1, 0.15) is 37.4 Å². The Morgan fingerprint density at radius 2 is 2.26 bits per heavy atom. The number of hydrogen-bond donors (Lipinski definition) is 1. The molecule has 3 nitrogen and oxygen atoms in total. The molecule has 0 amide bonds. The van der Waals surface area contributed by atoms with E-state index < -0.39 is 12.3 Å². The fraction of sp³-hybridized carbons (Fsp3) is 0.692. The van der Waals surface area contributed by atoms with Gasteiger partial charge in [0.25, 0.3) is 0 Å². The second kappa shape index (κ2) is 5.96. The molecule has 0 aromatic carbocycles. The number of aliphatic hydroxyl groups excluding tert-OH is 1. The van der Waals surface area contributed by atoms with Crippen molar-refractivity contribution >= 4 is 0 Å². The van der Waals surface area contributed by atoms with Gasteiger partial charge in [-0.2, -0.15) is 13.2 Å². The predicted molar refractivity (Wildman–Crippen MR) is 63.7 cm³/mol. The molecule has 2 heterocycles. The molecule has 0 radical (unpaired) electrons. The van der Waals surface area contributed by atoms with Gasteiger partial charge < -0.3 is 14.4 Å². The number of alkyl halides is 3. The van der Waals surface area contributed by atoms with Crippen molar-refractivity contribution in [3.05, 3.63) is 24.0 Å². The molecule has 0 aliphatic carbocycles. The molecule has 1 saturated heterocycles. The minimum absolute atomic E-state index is 0.107. The van der Waals surface area contributed by atoms with Crippen molar-refractivity contribution in [1.82, 2.24) is 4.57 Å². The van der Waals surface area contributed by atoms with Gasteiger partial charge in [0.1, 0.15) is 0 Å². The van der Waals surface area contributed by atoms with Gasteiger partial charge in [-0.25, -0.2) is 0 Å². The molecule has 1 N–H and O–H groups in total. The lowest BCUT2D eigenvalue weighted by molar-refractivity contribution is -0.206. The highest BCUT2D eigenvalue weighted by molar-refractivity contribution is 5.15. The first kappa shape index (κ1) is 14.4. The van der Waals surface area contributed by atoms with E-state index in [1.54, 1.807) is 10.8 Å². The lowest BCUT2D eigenvalue weighted by atomic mass is 10.1. The smallest absolute Gasteiger partial charge is 0.379 e. The van der Waals surface area contributed by atoms with E-state index in [0.29, 0.717) is 12.6 Å². The van der Waals surface area contributed by atoms with Crippen LogP contribution in [0.15, 0.2) is 18.5 Å². The summed E-state index contributed by atoms with van der Waals surface area (Å²) in [4.78, 5) is 0. The van der Waals surface area contributed by atoms with Crippen LogP contribution in [0, 0.1) is 0 Å². The first-order valence-corrected chi connectivity index (χ1v) is 6.49. The van der Waals surface area contributed by atoms with E-state index in [1.807, 2.05) is 0 Å². The summed E-state index contributed by atoms with van der Waals surface area (Å²) >= 11 is 0. The van der Waals surface area contributed by atoms with Gasteiger partial charge in [-0.3, -0.25) is 0 Å². The number of aliphatic hydroxyl groups is 1. The van der Waals surface area contributed by atoms with Crippen LogP contribution in [0.5, 0.6) is 0 Å². The minimum Gasteiger partial charge on any atom is -0.379 e. The van der Waals surface area contributed by atoms with Gasteiger partial charge in [-0.15, -0.1) is 0 Å². The van der Waals surface area contributed by atoms with E-state index in [4.69, 9.17) is 9.84 Å². The monoisotopic (exact) mass is 277 g/mol. The Balaban J connectivity index is 1.80. The van der Waals surface area contributed by atoms with E-state index in [1.165, 1.54) is 12.3 Å². The zero-order chi connectivity index (χ0) is 13.9. The molecule has 2 rings (SSSR count). The Hall–Kier alpha value is -1.01. The van der Waals surface area contributed by atoms with Gasteiger partial charge >= 0.3 is 6.18 Å². The van der Waals surface area contributed by atoms with E-state index >= 15 is 0 Å². The highest BCUT2D eigenvalue weighted by Gasteiger charge is 2.39. The molecule has 1 aliphatic heterocycles. The average molecular weight is 277 g/mol. The fourth-order valence-electron chi connectivity index (χ4n) is 2.32. The van der Waals surface area contributed by atoms with Crippen LogP contribution in [0.4, 0.5) is 13.2 Å². The third-order valence-corrected chi connectivity index (χ3v) is 3.37. The quantitative estimate of drug-likeness (QED) is 0.897. The highest BCUT2D eigenvalue weighted by Crippen LogP contribution is 2.32. The lowest BCUT2D eigenvalue weighted by Gasteiger charge is -2.12. The first-order valence-electron chi connectivity index (χ1n) is 6.49. The van der Waals surface area contributed by atoms with Crippen LogP contribution < -0.4 is 0 Å². The average Bonchev–Trinajstić information content (AvgIpc) is 2.97. The molecule has 0 saturated carbocycles. The van der Waals surface area contributed by atoms with E-state index in [-0.39, 0.29) is 5.56 Å². The van der Waals surface area contributed by atoms with E-state index in [0.717, 1.165) is 32.3 Å². The normalized spacial score (nSPS) is 21.8. The number of rotatable bonds is 5. The Morgan fingerprint density at radius 1 is 1.47 bits per heavy atom. The maximum absolute atomic E-state index is 12.3. The summed E-state index contributed by atoms with van der Waals surface area (Å²) < 4.78 is 44.1. The van der Waals surface area contributed by atoms with Gasteiger partial charge in [0.05, 0.1) is 6.10 Å². The first-order chi connectivity index (χ1) is 8.97. The van der Waals surface area contributed by atoms with Gasteiger partial charge in [-0.1, -0.05) is 0 Å². The third kappa shape index (κ3) is 3.98. The maximum Gasteiger partial charge on any atom is 0.418 e. The number of ether oxygens (including phenoxy) is 1. The Morgan fingerprint density at radius 3 is 2.89 bits per heavy atom. The summed E-state index contributed by atoms with van der Waals surface area (Å²) in [5.74, 6) is 0. The summed E-state index contributed by atoms with van der Waals surface area (Å²) in [5.41, 5.74) is -0.107. The minimum atomic E-state index is -4.61. The zero-order valence-corrected chi connectivity index (χ0v) is 10.6. The second-order valence-electron chi connectivity index (χ2n) is 4.90. The van der Waals surface area contributed by atoms with Crippen LogP contribution in [-0.4, -0.2) is 28.6 Å². The topological polar surface area (TPSA) is 34.4 Å². The van der Waals surface area contributed by atoms with Crippen molar-refractivity contribution in [3.8, 4) is 0 Å². The van der Waals surface area contributed by atoms with Gasteiger partial charge in [-0.05, 0) is 31.7 Å². The molecule has 108 valence electrons. The molecule has 1 fully saturated rings. The summed E-state index contributed by atoms with van der Waals surface area (Å²) in [6, 6.07) is 1.31. The van der Waals surface area contributed by atoms with Gasteiger partial charge in [0, 0.05) is 31.1 Å². The van der Waals surface area contributed by atoms with Crippen molar-refractivity contribution in [2.45, 2.75) is 50.6 Å². The maximum atomic E-state index is 12.3. The Bertz CT molecular complexity index is 397. The fourth-order valence-corrected chi connectivity index (χ4v) is 2.32. The zero-order valence-electron chi connectivity index (χ0n) is 10.6. The number of halogens is 3. The predicted octanol–water partition coefficient (Wildman–Crippen LogP) is 3.04. The summed E-state index contributed by atoms with van der Waals surface area (Å²) in [6.07, 6.45) is 0.177. The van der Waals surface area contributed by atoms with E-state index in [2.05, 4.69) is 0 Å². The third-order valence-electron chi connectivity index (χ3n) is 3.37. The summed E-state index contributed by atoms with van der Waals surface area (Å²) in [5, 5.41) is 9.11. The number of hydrogen-bond acceptors (Lipinski definition) is 2. The molecule has 1 aromatic rings. The molecule has 1 aliphatic rings. The van der Waals surface area contributed by atoms with Crippen LogP contribution in [0.3, 0.4) is 0 Å². The Kier molecular flexibility index (Phi) is 4.52. The summed E-state index contributed by atoms with van der Waals surface area (Å²) in [6.45, 7) is 1.46. The van der Waals surface area contributed by atoms with Crippen molar-refractivity contribution in [3.63, 3.8) is 0 Å². The second-order valence-corrected chi connectivity index (χ2v) is 4.90. The lowest BCUT2D eigenvalue weighted by Crippen LogP contribution is -2.19. The molecule has 2 atom stereocenters. The van der Waals surface area contributed by atoms with Crippen LogP contribution in [0.25, 0.3) is 0 Å².